The van der Waals surface area contributed by atoms with Gasteiger partial charge in [-0.3, -0.25) is 4.57 Å². The van der Waals surface area contributed by atoms with Crippen LogP contribution in [0.5, 0.6) is 5.88 Å². The Hall–Kier alpha value is -1.88. The Morgan fingerprint density at radius 2 is 2.31 bits per heavy atom. The molecule has 0 fully saturated rings. The number of nitrogens with two attached hydrogens (primary N) is 1. The highest BCUT2D eigenvalue weighted by atomic mass is 16.5. The molecule has 0 amide bonds. The molecule has 0 unspecified atom stereocenters. The Balaban J connectivity index is 2.36. The summed E-state index contributed by atoms with van der Waals surface area (Å²) < 4.78 is 7.19. The van der Waals surface area contributed by atoms with Gasteiger partial charge in [-0.1, -0.05) is 6.07 Å². The van der Waals surface area contributed by atoms with E-state index in [1.165, 1.54) is 0 Å². The monoisotopic (exact) mass is 218 g/mol. The van der Waals surface area contributed by atoms with Crippen molar-refractivity contribution in [2.45, 2.75) is 13.5 Å². The predicted molar refractivity (Wildman–Crippen MR) is 60.4 cm³/mol. The molecule has 0 saturated heterocycles. The fourth-order valence-electron chi connectivity index (χ4n) is 1.46. The van der Waals surface area contributed by atoms with Crippen LogP contribution >= 0.6 is 0 Å². The zero-order valence-corrected chi connectivity index (χ0v) is 9.13. The summed E-state index contributed by atoms with van der Waals surface area (Å²) in [5, 5.41) is 0. The van der Waals surface area contributed by atoms with Crippen molar-refractivity contribution in [3.63, 3.8) is 0 Å². The smallest absolute Gasteiger partial charge is 0.215 e. The highest BCUT2D eigenvalue weighted by Gasteiger charge is 2.05. The van der Waals surface area contributed by atoms with Crippen LogP contribution in [0, 0.1) is 0 Å². The highest BCUT2D eigenvalue weighted by molar-refractivity contribution is 5.28. The molecule has 0 aliphatic carbocycles. The molecule has 0 aliphatic heterocycles. The molecular formula is C11H14N4O. The number of rotatable bonds is 4. The topological polar surface area (TPSA) is 66.0 Å². The molecule has 5 heteroatoms. The number of nitrogens with zero attached hydrogens (tertiary/aromatic N) is 3. The molecule has 2 N–H and O–H groups in total. The van der Waals surface area contributed by atoms with Crippen molar-refractivity contribution in [3.8, 4) is 11.7 Å². The summed E-state index contributed by atoms with van der Waals surface area (Å²) in [6.45, 7) is 2.91. The van der Waals surface area contributed by atoms with E-state index in [4.69, 9.17) is 10.5 Å². The zero-order chi connectivity index (χ0) is 11.4. The van der Waals surface area contributed by atoms with Crippen molar-refractivity contribution in [2.24, 2.45) is 5.73 Å². The van der Waals surface area contributed by atoms with Crippen LogP contribution < -0.4 is 10.5 Å². The van der Waals surface area contributed by atoms with Crippen molar-refractivity contribution < 1.29 is 4.74 Å². The fraction of sp³-hybridized carbons (Fsp3) is 0.273. The quantitative estimate of drug-likeness (QED) is 0.835. The third kappa shape index (κ3) is 2.04. The van der Waals surface area contributed by atoms with Gasteiger partial charge in [0.15, 0.2) is 0 Å². The summed E-state index contributed by atoms with van der Waals surface area (Å²) in [5.74, 6) is 2.15. The van der Waals surface area contributed by atoms with Gasteiger partial charge in [-0.2, -0.15) is 4.98 Å². The highest BCUT2D eigenvalue weighted by Crippen LogP contribution is 2.12. The molecule has 0 aromatic carbocycles. The maximum Gasteiger partial charge on any atom is 0.215 e. The van der Waals surface area contributed by atoms with Gasteiger partial charge in [-0.25, -0.2) is 4.98 Å². The van der Waals surface area contributed by atoms with Gasteiger partial charge in [0.25, 0.3) is 0 Å². The van der Waals surface area contributed by atoms with Crippen LogP contribution in [0.25, 0.3) is 5.82 Å². The van der Waals surface area contributed by atoms with Gasteiger partial charge < -0.3 is 10.5 Å². The summed E-state index contributed by atoms with van der Waals surface area (Å²) in [6, 6.07) is 5.61. The lowest BCUT2D eigenvalue weighted by Crippen LogP contribution is -2.08. The lowest BCUT2D eigenvalue weighted by atomic mass is 10.4. The minimum absolute atomic E-state index is 0.382. The van der Waals surface area contributed by atoms with Crippen LogP contribution in [0.3, 0.4) is 0 Å². The second kappa shape index (κ2) is 4.76. The largest absolute Gasteiger partial charge is 0.478 e. The molecule has 2 rings (SSSR count). The maximum absolute atomic E-state index is 5.59. The normalized spacial score (nSPS) is 10.4. The number of hydrogen-bond acceptors (Lipinski definition) is 4. The Kier molecular flexibility index (Phi) is 3.16. The standard InChI is InChI=1S/C11H14N4O/c1-2-16-11-5-3-4-9(14-11)15-7-6-13-10(15)8-12/h3-7H,2,8,12H2,1H3. The molecular weight excluding hydrogens is 204 g/mol. The van der Waals surface area contributed by atoms with Crippen LogP contribution in [0.4, 0.5) is 0 Å². The molecule has 0 atom stereocenters. The maximum atomic E-state index is 5.59. The molecule has 0 radical (unpaired) electrons. The summed E-state index contributed by atoms with van der Waals surface area (Å²) in [7, 11) is 0. The third-order valence-corrected chi connectivity index (χ3v) is 2.15. The van der Waals surface area contributed by atoms with Gasteiger partial charge in [-0.05, 0) is 13.0 Å². The first-order chi connectivity index (χ1) is 7.85. The molecule has 5 nitrogen and oxygen atoms in total. The first-order valence-corrected chi connectivity index (χ1v) is 5.17. The summed E-state index contributed by atoms with van der Waals surface area (Å²) in [5.41, 5.74) is 5.59. The zero-order valence-electron chi connectivity index (χ0n) is 9.13. The first-order valence-electron chi connectivity index (χ1n) is 5.17. The molecule has 2 aromatic rings. The van der Waals surface area contributed by atoms with E-state index >= 15 is 0 Å². The molecule has 2 heterocycles. The summed E-state index contributed by atoms with van der Waals surface area (Å²) in [4.78, 5) is 8.50. The predicted octanol–water partition coefficient (Wildman–Crippen LogP) is 1.12. The van der Waals surface area contributed by atoms with Gasteiger partial charge in [0, 0.05) is 18.5 Å². The Bertz CT molecular complexity index is 467. The van der Waals surface area contributed by atoms with Crippen LogP contribution in [-0.4, -0.2) is 21.1 Å². The minimum Gasteiger partial charge on any atom is -0.478 e. The van der Waals surface area contributed by atoms with Crippen LogP contribution in [0.1, 0.15) is 12.7 Å². The van der Waals surface area contributed by atoms with Crippen molar-refractivity contribution in [1.29, 1.82) is 0 Å². The number of pyridine rings is 1. The molecule has 0 aliphatic rings. The number of ether oxygens (including phenoxy) is 1. The van der Waals surface area contributed by atoms with Crippen molar-refractivity contribution in [2.75, 3.05) is 6.61 Å². The van der Waals surface area contributed by atoms with Gasteiger partial charge in [0.1, 0.15) is 11.6 Å². The van der Waals surface area contributed by atoms with Gasteiger partial charge in [-0.15, -0.1) is 0 Å². The minimum atomic E-state index is 0.382. The van der Waals surface area contributed by atoms with E-state index < -0.39 is 0 Å². The van der Waals surface area contributed by atoms with Gasteiger partial charge in [0.05, 0.1) is 13.2 Å². The lowest BCUT2D eigenvalue weighted by molar-refractivity contribution is 0.326. The number of aromatic nitrogens is 3. The van der Waals surface area contributed by atoms with Gasteiger partial charge >= 0.3 is 0 Å². The fourth-order valence-corrected chi connectivity index (χ4v) is 1.46. The van der Waals surface area contributed by atoms with E-state index in [1.54, 1.807) is 6.20 Å². The Morgan fingerprint density at radius 3 is 3.06 bits per heavy atom. The van der Waals surface area contributed by atoms with Crippen molar-refractivity contribution in [1.82, 2.24) is 14.5 Å². The SMILES string of the molecule is CCOc1cccc(-n2ccnc2CN)n1. The molecule has 0 saturated carbocycles. The van der Waals surface area contributed by atoms with E-state index in [9.17, 15) is 0 Å². The van der Waals surface area contributed by atoms with E-state index in [0.717, 1.165) is 11.6 Å². The molecule has 2 aromatic heterocycles. The van der Waals surface area contributed by atoms with E-state index in [1.807, 2.05) is 35.9 Å². The van der Waals surface area contributed by atoms with Crippen LogP contribution in [0.2, 0.25) is 0 Å². The summed E-state index contributed by atoms with van der Waals surface area (Å²) in [6.07, 6.45) is 3.54. The number of imidazole rings is 1. The molecule has 0 bridgehead atoms. The number of hydrogen-bond donors (Lipinski definition) is 1. The Labute approximate surface area is 93.9 Å². The van der Waals surface area contributed by atoms with Gasteiger partial charge in [0.2, 0.25) is 5.88 Å². The second-order valence-electron chi connectivity index (χ2n) is 3.18. The molecule has 84 valence electrons. The van der Waals surface area contributed by atoms with Crippen LogP contribution in [0.15, 0.2) is 30.6 Å². The van der Waals surface area contributed by atoms with E-state index in [-0.39, 0.29) is 0 Å². The Morgan fingerprint density at radius 1 is 1.44 bits per heavy atom. The van der Waals surface area contributed by atoms with E-state index in [0.29, 0.717) is 19.0 Å². The lowest BCUT2D eigenvalue weighted by Gasteiger charge is -2.07. The van der Waals surface area contributed by atoms with Crippen molar-refractivity contribution in [3.05, 3.63) is 36.4 Å². The first kappa shape index (κ1) is 10.6. The average molecular weight is 218 g/mol. The van der Waals surface area contributed by atoms with E-state index in [2.05, 4.69) is 9.97 Å². The average Bonchev–Trinajstić information content (AvgIpc) is 2.78. The second-order valence-corrected chi connectivity index (χ2v) is 3.18. The molecule has 16 heavy (non-hydrogen) atoms. The molecule has 0 spiro atoms. The van der Waals surface area contributed by atoms with Crippen LogP contribution in [-0.2, 0) is 6.54 Å². The summed E-state index contributed by atoms with van der Waals surface area (Å²) >= 11 is 0. The van der Waals surface area contributed by atoms with Crippen molar-refractivity contribution >= 4 is 0 Å². The third-order valence-electron chi connectivity index (χ3n) is 2.15.